The Balaban J connectivity index is 1.86. The van der Waals surface area contributed by atoms with Crippen molar-refractivity contribution in [2.75, 3.05) is 18.4 Å². The quantitative estimate of drug-likeness (QED) is 0.332. The Hall–Kier alpha value is -1.30. The molecule has 1 saturated carbocycles. The first-order valence-corrected chi connectivity index (χ1v) is 9.25. The Bertz CT molecular complexity index is 469. The molecule has 1 heterocycles. The summed E-state index contributed by atoms with van der Waals surface area (Å²) in [4.78, 5) is 0. The lowest BCUT2D eigenvalue weighted by molar-refractivity contribution is 0.356. The van der Waals surface area contributed by atoms with Crippen molar-refractivity contribution < 1.29 is 5.11 Å². The highest BCUT2D eigenvalue weighted by Gasteiger charge is 2.19. The second-order valence-corrected chi connectivity index (χ2v) is 6.88. The summed E-state index contributed by atoms with van der Waals surface area (Å²) >= 11 is 1.23. The number of anilines is 1. The minimum Gasteiger partial charge on any atom is -0.492 e. The molecule has 5 nitrogen and oxygen atoms in total. The number of nitrogens with one attached hydrogen (secondary N) is 3. The summed E-state index contributed by atoms with van der Waals surface area (Å²) in [6, 6.07) is 0. The van der Waals surface area contributed by atoms with Crippen molar-refractivity contribution in [2.24, 2.45) is 5.92 Å². The van der Waals surface area contributed by atoms with Crippen LogP contribution in [0.15, 0.2) is 0 Å². The lowest BCUT2D eigenvalue weighted by Gasteiger charge is -2.22. The minimum absolute atomic E-state index is 0.0378. The minimum atomic E-state index is -0.0378. The van der Waals surface area contributed by atoms with E-state index in [1.807, 2.05) is 0 Å². The van der Waals surface area contributed by atoms with E-state index in [0.29, 0.717) is 11.5 Å². The first kappa shape index (κ1) is 17.1. The Labute approximate surface area is 137 Å². The number of hydrogen-bond acceptors (Lipinski definition) is 5. The molecule has 0 spiro atoms. The second-order valence-electron chi connectivity index (χ2n) is 6.10. The van der Waals surface area contributed by atoms with E-state index in [2.05, 4.69) is 21.9 Å². The maximum absolute atomic E-state index is 9.92. The van der Waals surface area contributed by atoms with Crippen LogP contribution >= 0.6 is 11.5 Å². The Morgan fingerprint density at radius 2 is 2.09 bits per heavy atom. The molecule has 4 N–H and O–H groups in total. The summed E-state index contributed by atoms with van der Waals surface area (Å²) in [6.07, 6.45) is 9.90. The first-order chi connectivity index (χ1) is 10.7. The highest BCUT2D eigenvalue weighted by Crippen LogP contribution is 2.30. The fraction of sp³-hybridized carbons (Fsp3) is 0.750. The number of aromatic nitrogens is 1. The van der Waals surface area contributed by atoms with Crippen LogP contribution in [0, 0.1) is 11.3 Å². The molecule has 1 fully saturated rings. The topological polar surface area (TPSA) is 81.0 Å². The Morgan fingerprint density at radius 3 is 2.82 bits per heavy atom. The van der Waals surface area contributed by atoms with Crippen LogP contribution in [0.25, 0.3) is 0 Å². The van der Waals surface area contributed by atoms with Crippen LogP contribution in [0.1, 0.15) is 63.9 Å². The van der Waals surface area contributed by atoms with Gasteiger partial charge in [-0.15, -0.1) is 0 Å². The molecule has 0 bridgehead atoms. The van der Waals surface area contributed by atoms with E-state index in [0.717, 1.165) is 24.5 Å². The molecule has 0 amide bonds. The van der Waals surface area contributed by atoms with Crippen molar-refractivity contribution in [1.82, 2.24) is 9.69 Å². The maximum Gasteiger partial charge on any atom is 0.236 e. The lowest BCUT2D eigenvalue weighted by Crippen LogP contribution is -2.30. The molecule has 0 saturated heterocycles. The van der Waals surface area contributed by atoms with E-state index in [9.17, 15) is 5.11 Å². The van der Waals surface area contributed by atoms with Gasteiger partial charge in [-0.1, -0.05) is 39.0 Å². The third kappa shape index (κ3) is 4.87. The van der Waals surface area contributed by atoms with Crippen molar-refractivity contribution in [3.63, 3.8) is 0 Å². The Kier molecular flexibility index (Phi) is 6.96. The van der Waals surface area contributed by atoms with Gasteiger partial charge in [0.25, 0.3) is 0 Å². The van der Waals surface area contributed by atoms with Crippen molar-refractivity contribution in [3.05, 3.63) is 5.56 Å². The molecule has 124 valence electrons. The summed E-state index contributed by atoms with van der Waals surface area (Å²) in [7, 11) is 0. The molecule has 1 aliphatic carbocycles. The zero-order chi connectivity index (χ0) is 15.8. The molecule has 0 aliphatic heterocycles. The van der Waals surface area contributed by atoms with Gasteiger partial charge in [0, 0.05) is 13.1 Å². The molecule has 0 atom stereocenters. The smallest absolute Gasteiger partial charge is 0.236 e. The zero-order valence-electron chi connectivity index (χ0n) is 13.5. The largest absolute Gasteiger partial charge is 0.492 e. The third-order valence-corrected chi connectivity index (χ3v) is 5.08. The fourth-order valence-electron chi connectivity index (χ4n) is 2.93. The lowest BCUT2D eigenvalue weighted by atomic mass is 9.89. The van der Waals surface area contributed by atoms with Crippen LogP contribution < -0.4 is 10.6 Å². The predicted octanol–water partition coefficient (Wildman–Crippen LogP) is 3.95. The van der Waals surface area contributed by atoms with Gasteiger partial charge in [-0.05, 0) is 36.7 Å². The standard InChI is InChI=1S/C16H28N4OS/c1-2-3-7-10-18-16-13(15(21)20-22-16)14(17)19-11-12-8-5-4-6-9-12/h12,18H,2-11H2,1H3,(H2,17,19)(H,20,21). The molecule has 0 radical (unpaired) electrons. The van der Waals surface area contributed by atoms with Gasteiger partial charge in [0.1, 0.15) is 16.4 Å². The Morgan fingerprint density at radius 1 is 1.32 bits per heavy atom. The summed E-state index contributed by atoms with van der Waals surface area (Å²) < 4.78 is 3.99. The molecule has 1 aromatic heterocycles. The van der Waals surface area contributed by atoms with E-state index in [1.54, 1.807) is 0 Å². The van der Waals surface area contributed by atoms with Crippen molar-refractivity contribution in [1.29, 1.82) is 5.41 Å². The van der Waals surface area contributed by atoms with Crippen molar-refractivity contribution in [2.45, 2.75) is 58.3 Å². The molecule has 0 aromatic carbocycles. The number of unbranched alkanes of at least 4 members (excludes halogenated alkanes) is 2. The number of nitrogens with zero attached hydrogens (tertiary/aromatic N) is 1. The monoisotopic (exact) mass is 324 g/mol. The van der Waals surface area contributed by atoms with Gasteiger partial charge < -0.3 is 15.7 Å². The molecule has 22 heavy (non-hydrogen) atoms. The highest BCUT2D eigenvalue weighted by atomic mass is 32.1. The first-order valence-electron chi connectivity index (χ1n) is 8.47. The van der Waals surface area contributed by atoms with Gasteiger partial charge in [-0.25, -0.2) is 0 Å². The molecular formula is C16H28N4OS. The van der Waals surface area contributed by atoms with Crippen molar-refractivity contribution >= 4 is 22.4 Å². The van der Waals surface area contributed by atoms with Crippen molar-refractivity contribution in [3.8, 4) is 5.88 Å². The molecule has 2 rings (SSSR count). The molecule has 6 heteroatoms. The SMILES string of the molecule is CCCCCNc1snc(O)c1C(=N)NCC1CCCCC1. The van der Waals surface area contributed by atoms with E-state index in [-0.39, 0.29) is 11.7 Å². The summed E-state index contributed by atoms with van der Waals surface area (Å²) in [5.41, 5.74) is 0.525. The normalized spacial score (nSPS) is 15.7. The van der Waals surface area contributed by atoms with Gasteiger partial charge in [0.15, 0.2) is 0 Å². The van der Waals surface area contributed by atoms with Crippen LogP contribution in [0.3, 0.4) is 0 Å². The number of hydrogen-bond donors (Lipinski definition) is 4. The number of amidine groups is 1. The molecule has 1 aromatic rings. The van der Waals surface area contributed by atoms with Gasteiger partial charge in [-0.2, -0.15) is 4.37 Å². The van der Waals surface area contributed by atoms with Gasteiger partial charge in [0.05, 0.1) is 0 Å². The maximum atomic E-state index is 9.92. The second kappa shape index (κ2) is 8.98. The number of aromatic hydroxyl groups is 1. The molecule has 1 aliphatic rings. The van der Waals surface area contributed by atoms with Crippen LogP contribution in [-0.4, -0.2) is 28.4 Å². The van der Waals surface area contributed by atoms with Gasteiger partial charge in [-0.3, -0.25) is 5.41 Å². The average Bonchev–Trinajstić information content (AvgIpc) is 2.91. The summed E-state index contributed by atoms with van der Waals surface area (Å²) in [5.74, 6) is 0.905. The summed E-state index contributed by atoms with van der Waals surface area (Å²) in [6.45, 7) is 3.86. The van der Waals surface area contributed by atoms with Gasteiger partial charge in [0.2, 0.25) is 5.88 Å². The average molecular weight is 324 g/mol. The molecule has 0 unspecified atom stereocenters. The van der Waals surface area contributed by atoms with E-state index in [1.165, 1.54) is 56.5 Å². The predicted molar refractivity (Wildman–Crippen MR) is 93.2 cm³/mol. The van der Waals surface area contributed by atoms with E-state index in [4.69, 9.17) is 5.41 Å². The number of rotatable bonds is 8. The highest BCUT2D eigenvalue weighted by molar-refractivity contribution is 7.10. The summed E-state index contributed by atoms with van der Waals surface area (Å²) in [5, 5.41) is 25.4. The fourth-order valence-corrected chi connectivity index (χ4v) is 3.65. The van der Waals surface area contributed by atoms with Crippen LogP contribution in [0.4, 0.5) is 5.00 Å². The third-order valence-electron chi connectivity index (χ3n) is 4.28. The zero-order valence-corrected chi connectivity index (χ0v) is 14.3. The van der Waals surface area contributed by atoms with E-state index >= 15 is 0 Å². The van der Waals surface area contributed by atoms with Crippen LogP contribution in [0.2, 0.25) is 0 Å². The van der Waals surface area contributed by atoms with Crippen LogP contribution in [0.5, 0.6) is 5.88 Å². The van der Waals surface area contributed by atoms with Crippen LogP contribution in [-0.2, 0) is 0 Å². The molecular weight excluding hydrogens is 296 g/mol. The van der Waals surface area contributed by atoms with Gasteiger partial charge >= 0.3 is 0 Å². The van der Waals surface area contributed by atoms with E-state index < -0.39 is 0 Å².